The van der Waals surface area contributed by atoms with Crippen LogP contribution in [0.4, 0.5) is 9.39 Å². The normalized spacial score (nSPS) is 11.9. The van der Waals surface area contributed by atoms with Gasteiger partial charge in [0, 0.05) is 17.0 Å². The zero-order chi connectivity index (χ0) is 9.84. The number of halogens is 2. The van der Waals surface area contributed by atoms with Crippen LogP contribution >= 0.6 is 23.7 Å². The lowest BCUT2D eigenvalue weighted by Crippen LogP contribution is -2.08. The molecule has 1 aromatic rings. The summed E-state index contributed by atoms with van der Waals surface area (Å²) in [5.74, 6) is 0. The van der Waals surface area contributed by atoms with Gasteiger partial charge in [-0.25, -0.2) is 0 Å². The number of nitrogens with zero attached hydrogens (tertiary/aromatic N) is 1. The van der Waals surface area contributed by atoms with Crippen molar-refractivity contribution in [2.75, 3.05) is 6.67 Å². The van der Waals surface area contributed by atoms with Gasteiger partial charge < -0.3 is 5.73 Å². The molecule has 0 bridgehead atoms. The van der Waals surface area contributed by atoms with Crippen molar-refractivity contribution < 1.29 is 9.31 Å². The molecule has 0 radical (unpaired) electrons. The molecule has 1 heterocycles. The van der Waals surface area contributed by atoms with E-state index in [-0.39, 0.29) is 23.8 Å². The first-order valence-electron chi connectivity index (χ1n) is 3.71. The smallest absolute Gasteiger partial charge is 0.323 e. The maximum Gasteiger partial charge on any atom is 0.324 e. The maximum absolute atomic E-state index is 11.9. The molecular weight excluding hydrogens is 231 g/mol. The summed E-state index contributed by atoms with van der Waals surface area (Å²) in [7, 11) is 0. The van der Waals surface area contributed by atoms with E-state index in [0.29, 0.717) is 4.88 Å². The number of thiophene rings is 1. The van der Waals surface area contributed by atoms with Crippen molar-refractivity contribution in [3.05, 3.63) is 27.1 Å². The number of alkyl halides is 1. The van der Waals surface area contributed by atoms with Crippen LogP contribution in [0.5, 0.6) is 0 Å². The van der Waals surface area contributed by atoms with Gasteiger partial charge in [-0.3, -0.25) is 14.5 Å². The standard InChI is InChI=1S/C7H9FN2O2S.ClH/c8-4-3-5(9)6-1-2-7(13-6)10(11)12;/h1-2,5H,3-4,9H2;1H/t5-;/m1./s1. The van der Waals surface area contributed by atoms with Crippen LogP contribution in [0.1, 0.15) is 17.3 Å². The van der Waals surface area contributed by atoms with Crippen molar-refractivity contribution >= 4 is 28.7 Å². The molecule has 4 nitrogen and oxygen atoms in total. The molecule has 0 aromatic carbocycles. The van der Waals surface area contributed by atoms with Crippen molar-refractivity contribution in [1.82, 2.24) is 0 Å². The molecule has 0 aliphatic heterocycles. The van der Waals surface area contributed by atoms with Crippen LogP contribution in [0, 0.1) is 10.1 Å². The van der Waals surface area contributed by atoms with Crippen molar-refractivity contribution in [2.24, 2.45) is 5.73 Å². The minimum Gasteiger partial charge on any atom is -0.323 e. The molecule has 0 saturated carbocycles. The molecule has 7 heteroatoms. The summed E-state index contributed by atoms with van der Waals surface area (Å²) >= 11 is 0.998. The molecule has 1 rings (SSSR count). The molecule has 0 aliphatic rings. The molecule has 80 valence electrons. The maximum atomic E-state index is 11.9. The minimum absolute atomic E-state index is 0. The van der Waals surface area contributed by atoms with E-state index in [4.69, 9.17) is 5.73 Å². The molecule has 0 saturated heterocycles. The second-order valence-electron chi connectivity index (χ2n) is 2.52. The van der Waals surface area contributed by atoms with Crippen LogP contribution in [0.2, 0.25) is 0 Å². The fourth-order valence-electron chi connectivity index (χ4n) is 0.899. The number of nitro groups is 1. The molecule has 14 heavy (non-hydrogen) atoms. The first kappa shape index (κ1) is 13.3. The Hall–Kier alpha value is -0.720. The van der Waals surface area contributed by atoms with Crippen LogP contribution in [0.25, 0.3) is 0 Å². The molecule has 1 aromatic heterocycles. The summed E-state index contributed by atoms with van der Waals surface area (Å²) in [6.45, 7) is -0.507. The van der Waals surface area contributed by atoms with Crippen LogP contribution in [-0.4, -0.2) is 11.6 Å². The second kappa shape index (κ2) is 5.90. The molecule has 0 unspecified atom stereocenters. The first-order chi connectivity index (χ1) is 6.15. The summed E-state index contributed by atoms with van der Waals surface area (Å²) in [5, 5.41) is 10.3. The molecular formula is C7H10ClFN2O2S. The summed E-state index contributed by atoms with van der Waals surface area (Å²) < 4.78 is 11.9. The number of hydrogen-bond acceptors (Lipinski definition) is 4. The second-order valence-corrected chi connectivity index (χ2v) is 3.61. The third-order valence-corrected chi connectivity index (χ3v) is 2.75. The Labute approximate surface area is 90.5 Å². The van der Waals surface area contributed by atoms with E-state index in [1.54, 1.807) is 6.07 Å². The first-order valence-corrected chi connectivity index (χ1v) is 4.52. The Balaban J connectivity index is 0.00000169. The van der Waals surface area contributed by atoms with Gasteiger partial charge in [0.2, 0.25) is 0 Å². The highest BCUT2D eigenvalue weighted by Crippen LogP contribution is 2.28. The number of nitrogens with two attached hydrogens (primary N) is 1. The monoisotopic (exact) mass is 240 g/mol. The van der Waals surface area contributed by atoms with Crippen molar-refractivity contribution in [1.29, 1.82) is 0 Å². The lowest BCUT2D eigenvalue weighted by Gasteiger charge is -2.03. The molecule has 2 N–H and O–H groups in total. The van der Waals surface area contributed by atoms with E-state index in [1.165, 1.54) is 6.07 Å². The molecule has 0 spiro atoms. The quantitative estimate of drug-likeness (QED) is 0.649. The highest BCUT2D eigenvalue weighted by molar-refractivity contribution is 7.15. The average Bonchev–Trinajstić information content (AvgIpc) is 2.52. The van der Waals surface area contributed by atoms with E-state index in [9.17, 15) is 14.5 Å². The fourth-order valence-corrected chi connectivity index (χ4v) is 1.76. The van der Waals surface area contributed by atoms with Gasteiger partial charge >= 0.3 is 5.00 Å². The third kappa shape index (κ3) is 3.21. The van der Waals surface area contributed by atoms with Gasteiger partial charge in [0.05, 0.1) is 11.6 Å². The lowest BCUT2D eigenvalue weighted by molar-refractivity contribution is -0.380. The van der Waals surface area contributed by atoms with Crippen LogP contribution in [0.3, 0.4) is 0 Å². The van der Waals surface area contributed by atoms with E-state index in [2.05, 4.69) is 0 Å². The number of rotatable bonds is 4. The van der Waals surface area contributed by atoms with Crippen molar-refractivity contribution in [2.45, 2.75) is 12.5 Å². The van der Waals surface area contributed by atoms with E-state index in [1.807, 2.05) is 0 Å². The highest BCUT2D eigenvalue weighted by Gasteiger charge is 2.14. The predicted molar refractivity (Wildman–Crippen MR) is 55.7 cm³/mol. The molecule has 0 amide bonds. The Morgan fingerprint density at radius 3 is 2.71 bits per heavy atom. The molecule has 1 atom stereocenters. The van der Waals surface area contributed by atoms with Crippen molar-refractivity contribution in [3.63, 3.8) is 0 Å². The van der Waals surface area contributed by atoms with Gasteiger partial charge in [-0.2, -0.15) is 0 Å². The summed E-state index contributed by atoms with van der Waals surface area (Å²) in [5.41, 5.74) is 5.57. The predicted octanol–water partition coefficient (Wildman–Crippen LogP) is 2.44. The van der Waals surface area contributed by atoms with Crippen LogP contribution in [-0.2, 0) is 0 Å². The Kier molecular flexibility index (Phi) is 5.59. The van der Waals surface area contributed by atoms with Crippen LogP contribution in [0.15, 0.2) is 12.1 Å². The fraction of sp³-hybridized carbons (Fsp3) is 0.429. The van der Waals surface area contributed by atoms with E-state index >= 15 is 0 Å². The highest BCUT2D eigenvalue weighted by atomic mass is 35.5. The number of hydrogen-bond donors (Lipinski definition) is 1. The van der Waals surface area contributed by atoms with Gasteiger partial charge in [0.25, 0.3) is 0 Å². The largest absolute Gasteiger partial charge is 0.324 e. The SMILES string of the molecule is Cl.N[C@H](CCF)c1ccc([N+](=O)[O-])s1. The summed E-state index contributed by atoms with van der Waals surface area (Å²) in [6.07, 6.45) is 0.206. The topological polar surface area (TPSA) is 69.2 Å². The van der Waals surface area contributed by atoms with Gasteiger partial charge in [-0.15, -0.1) is 12.4 Å². The summed E-state index contributed by atoms with van der Waals surface area (Å²) in [6, 6.07) is 2.53. The zero-order valence-corrected chi connectivity index (χ0v) is 8.81. The van der Waals surface area contributed by atoms with Gasteiger partial charge in [-0.1, -0.05) is 11.3 Å². The van der Waals surface area contributed by atoms with Gasteiger partial charge in [0.1, 0.15) is 0 Å². The lowest BCUT2D eigenvalue weighted by atomic mass is 10.2. The van der Waals surface area contributed by atoms with E-state index in [0.717, 1.165) is 11.3 Å². The Bertz CT molecular complexity index is 308. The van der Waals surface area contributed by atoms with Gasteiger partial charge in [-0.05, 0) is 12.5 Å². The molecule has 0 fully saturated rings. The summed E-state index contributed by atoms with van der Waals surface area (Å²) in [4.78, 5) is 10.5. The Morgan fingerprint density at radius 2 is 2.29 bits per heavy atom. The van der Waals surface area contributed by atoms with Crippen LogP contribution < -0.4 is 5.73 Å². The van der Waals surface area contributed by atoms with E-state index < -0.39 is 17.6 Å². The third-order valence-electron chi connectivity index (χ3n) is 1.58. The van der Waals surface area contributed by atoms with Gasteiger partial charge in [0.15, 0.2) is 0 Å². The minimum atomic E-state index is -0.507. The molecule has 0 aliphatic carbocycles. The Morgan fingerprint density at radius 1 is 1.64 bits per heavy atom. The zero-order valence-electron chi connectivity index (χ0n) is 7.18. The average molecular weight is 241 g/mol. The van der Waals surface area contributed by atoms with Crippen molar-refractivity contribution in [3.8, 4) is 0 Å².